The molecule has 3 aromatic carbocycles. The fourth-order valence-corrected chi connectivity index (χ4v) is 3.17. The summed E-state index contributed by atoms with van der Waals surface area (Å²) in [6.07, 6.45) is 0. The number of rotatable bonds is 6. The predicted molar refractivity (Wildman–Crippen MR) is 122 cm³/mol. The van der Waals surface area contributed by atoms with Gasteiger partial charge in [0.2, 0.25) is 0 Å². The van der Waals surface area contributed by atoms with Crippen LogP contribution in [0.5, 0.6) is 6.01 Å². The maximum absolute atomic E-state index is 12.4. The van der Waals surface area contributed by atoms with E-state index in [4.69, 9.17) is 16.3 Å². The Morgan fingerprint density at radius 2 is 1.68 bits per heavy atom. The van der Waals surface area contributed by atoms with Crippen molar-refractivity contribution in [2.24, 2.45) is 0 Å². The predicted octanol–water partition coefficient (Wildman–Crippen LogP) is 5.55. The van der Waals surface area contributed by atoms with Gasteiger partial charge in [-0.15, -0.1) is 5.10 Å². The van der Waals surface area contributed by atoms with Crippen LogP contribution < -0.4 is 10.1 Å². The molecule has 156 valence electrons. The number of carbonyl (C=O) groups excluding carboxylic acids is 1. The van der Waals surface area contributed by atoms with E-state index in [1.807, 2.05) is 62.4 Å². The Labute approximate surface area is 185 Å². The third-order valence-corrected chi connectivity index (χ3v) is 4.90. The number of hydrogen-bond donors (Lipinski definition) is 1. The number of aryl methyl sites for hydroxylation is 1. The van der Waals surface area contributed by atoms with Crippen LogP contribution in [0, 0.1) is 6.92 Å². The van der Waals surface area contributed by atoms with Crippen LogP contribution in [-0.2, 0) is 0 Å². The van der Waals surface area contributed by atoms with Gasteiger partial charge < -0.3 is 10.1 Å². The molecule has 0 radical (unpaired) electrons. The summed E-state index contributed by atoms with van der Waals surface area (Å²) >= 11 is 5.88. The molecule has 1 amide bonds. The molecule has 6 nitrogen and oxygen atoms in total. The molecule has 31 heavy (non-hydrogen) atoms. The average Bonchev–Trinajstić information content (AvgIpc) is 3.19. The smallest absolute Gasteiger partial charge is 0.336 e. The average molecular weight is 433 g/mol. The first-order valence-corrected chi connectivity index (χ1v) is 10.3. The molecule has 1 N–H and O–H groups in total. The van der Waals surface area contributed by atoms with Crippen LogP contribution in [-0.4, -0.2) is 27.3 Å². The maximum atomic E-state index is 12.4. The first-order valence-electron chi connectivity index (χ1n) is 9.88. The minimum atomic E-state index is -0.204. The molecule has 0 saturated carbocycles. The lowest BCUT2D eigenvalue weighted by Crippen LogP contribution is -2.11. The highest BCUT2D eigenvalue weighted by Crippen LogP contribution is 2.25. The SMILES string of the molecule is CCOc1nc(-c2ccc(C)cc2)n(-c2ccc(NC(=O)c3ccc(Cl)cc3)cc2)n1. The summed E-state index contributed by atoms with van der Waals surface area (Å²) in [7, 11) is 0. The van der Waals surface area contributed by atoms with E-state index in [1.165, 1.54) is 5.56 Å². The summed E-state index contributed by atoms with van der Waals surface area (Å²) in [6.45, 7) is 4.41. The van der Waals surface area contributed by atoms with Crippen molar-refractivity contribution in [3.63, 3.8) is 0 Å². The number of halogens is 1. The molecule has 0 bridgehead atoms. The summed E-state index contributed by atoms with van der Waals surface area (Å²) in [5, 5.41) is 7.97. The van der Waals surface area contributed by atoms with Gasteiger partial charge >= 0.3 is 6.01 Å². The number of hydrogen-bond acceptors (Lipinski definition) is 4. The van der Waals surface area contributed by atoms with Gasteiger partial charge in [-0.3, -0.25) is 4.79 Å². The lowest BCUT2D eigenvalue weighted by atomic mass is 10.1. The molecule has 0 aliphatic heterocycles. The molecule has 0 aliphatic carbocycles. The van der Waals surface area contributed by atoms with Gasteiger partial charge in [0.15, 0.2) is 5.82 Å². The fraction of sp³-hybridized carbons (Fsp3) is 0.125. The molecule has 0 fully saturated rings. The van der Waals surface area contributed by atoms with E-state index in [2.05, 4.69) is 15.4 Å². The normalized spacial score (nSPS) is 10.7. The van der Waals surface area contributed by atoms with Gasteiger partial charge in [0.1, 0.15) is 0 Å². The zero-order valence-electron chi connectivity index (χ0n) is 17.2. The molecular weight excluding hydrogens is 412 g/mol. The van der Waals surface area contributed by atoms with Crippen molar-refractivity contribution in [1.29, 1.82) is 0 Å². The standard InChI is InChI=1S/C24H21ClN4O2/c1-3-31-24-27-22(17-6-4-16(2)5-7-17)29(28-24)21-14-12-20(13-15-21)26-23(30)18-8-10-19(25)11-9-18/h4-15H,3H2,1-2H3,(H,26,30). The van der Waals surface area contributed by atoms with E-state index in [9.17, 15) is 4.79 Å². The van der Waals surface area contributed by atoms with E-state index >= 15 is 0 Å². The zero-order chi connectivity index (χ0) is 21.8. The third kappa shape index (κ3) is 4.75. The van der Waals surface area contributed by atoms with E-state index in [1.54, 1.807) is 28.9 Å². The van der Waals surface area contributed by atoms with Crippen molar-refractivity contribution in [1.82, 2.24) is 14.8 Å². The zero-order valence-corrected chi connectivity index (χ0v) is 17.9. The molecule has 0 spiro atoms. The summed E-state index contributed by atoms with van der Waals surface area (Å²) in [5.74, 6) is 0.477. The molecule has 4 rings (SSSR count). The van der Waals surface area contributed by atoms with Crippen LogP contribution >= 0.6 is 11.6 Å². The Bertz CT molecular complexity index is 1180. The number of ether oxygens (including phenoxy) is 1. The molecule has 0 aliphatic rings. The number of amides is 1. The Balaban J connectivity index is 1.60. The number of aromatic nitrogens is 3. The quantitative estimate of drug-likeness (QED) is 0.434. The third-order valence-electron chi connectivity index (χ3n) is 4.65. The molecular formula is C24H21ClN4O2. The molecule has 1 aromatic heterocycles. The van der Waals surface area contributed by atoms with Gasteiger partial charge in [0.05, 0.1) is 12.3 Å². The highest BCUT2D eigenvalue weighted by Gasteiger charge is 2.15. The van der Waals surface area contributed by atoms with E-state index < -0.39 is 0 Å². The van der Waals surface area contributed by atoms with Gasteiger partial charge in [-0.2, -0.15) is 4.98 Å². The number of carbonyl (C=O) groups is 1. The number of nitrogens with zero attached hydrogens (tertiary/aromatic N) is 3. The second-order valence-electron chi connectivity index (χ2n) is 6.94. The Morgan fingerprint density at radius 1 is 1.00 bits per heavy atom. The largest absolute Gasteiger partial charge is 0.463 e. The van der Waals surface area contributed by atoms with E-state index in [-0.39, 0.29) is 5.91 Å². The topological polar surface area (TPSA) is 69.0 Å². The Kier molecular flexibility index (Phi) is 6.00. The Hall–Kier alpha value is -3.64. The fourth-order valence-electron chi connectivity index (χ4n) is 3.04. The van der Waals surface area contributed by atoms with Crippen LogP contribution in [0.1, 0.15) is 22.8 Å². The monoisotopic (exact) mass is 432 g/mol. The maximum Gasteiger partial charge on any atom is 0.336 e. The van der Waals surface area contributed by atoms with Crippen LogP contribution in [0.2, 0.25) is 5.02 Å². The minimum absolute atomic E-state index is 0.204. The van der Waals surface area contributed by atoms with Crippen molar-refractivity contribution in [2.45, 2.75) is 13.8 Å². The number of benzene rings is 3. The van der Waals surface area contributed by atoms with Crippen LogP contribution in [0.15, 0.2) is 72.8 Å². The molecule has 7 heteroatoms. The summed E-state index contributed by atoms with van der Waals surface area (Å²) in [6, 6.07) is 22.5. The molecule has 0 saturated heterocycles. The van der Waals surface area contributed by atoms with Crippen molar-refractivity contribution >= 4 is 23.2 Å². The molecule has 0 atom stereocenters. The number of anilines is 1. The first-order chi connectivity index (χ1) is 15.0. The Morgan fingerprint density at radius 3 is 2.32 bits per heavy atom. The lowest BCUT2D eigenvalue weighted by molar-refractivity contribution is 0.102. The second-order valence-corrected chi connectivity index (χ2v) is 7.37. The lowest BCUT2D eigenvalue weighted by Gasteiger charge is -2.09. The molecule has 0 unspecified atom stereocenters. The highest BCUT2D eigenvalue weighted by molar-refractivity contribution is 6.30. The molecule has 1 heterocycles. The van der Waals surface area contributed by atoms with Crippen LogP contribution in [0.3, 0.4) is 0 Å². The number of nitrogens with one attached hydrogen (secondary N) is 1. The summed E-state index contributed by atoms with van der Waals surface area (Å²) in [4.78, 5) is 17.0. The van der Waals surface area contributed by atoms with Crippen molar-refractivity contribution in [3.05, 3.63) is 88.9 Å². The molecule has 4 aromatic rings. The van der Waals surface area contributed by atoms with Crippen LogP contribution in [0.25, 0.3) is 17.1 Å². The van der Waals surface area contributed by atoms with Gasteiger partial charge in [-0.05, 0) is 62.4 Å². The van der Waals surface area contributed by atoms with Crippen LogP contribution in [0.4, 0.5) is 5.69 Å². The van der Waals surface area contributed by atoms with Gasteiger partial charge in [-0.25, -0.2) is 4.68 Å². The second kappa shape index (κ2) is 9.02. The van der Waals surface area contributed by atoms with Gasteiger partial charge in [0.25, 0.3) is 5.91 Å². The van der Waals surface area contributed by atoms with Gasteiger partial charge in [0, 0.05) is 21.8 Å². The van der Waals surface area contributed by atoms with Gasteiger partial charge in [-0.1, -0.05) is 41.4 Å². The minimum Gasteiger partial charge on any atom is -0.463 e. The highest BCUT2D eigenvalue weighted by atomic mass is 35.5. The first kappa shape index (κ1) is 20.6. The van der Waals surface area contributed by atoms with E-state index in [0.29, 0.717) is 34.7 Å². The van der Waals surface area contributed by atoms with E-state index in [0.717, 1.165) is 11.3 Å². The van der Waals surface area contributed by atoms with Crippen molar-refractivity contribution in [2.75, 3.05) is 11.9 Å². The summed E-state index contributed by atoms with van der Waals surface area (Å²) in [5.41, 5.74) is 4.11. The van der Waals surface area contributed by atoms with Crippen molar-refractivity contribution < 1.29 is 9.53 Å². The summed E-state index contributed by atoms with van der Waals surface area (Å²) < 4.78 is 7.25. The van der Waals surface area contributed by atoms with Crippen molar-refractivity contribution in [3.8, 4) is 23.1 Å².